The molecule has 2 aromatic carbocycles. The summed E-state index contributed by atoms with van der Waals surface area (Å²) in [5.74, 6) is 0. The van der Waals surface area contributed by atoms with Gasteiger partial charge in [-0.1, -0.05) is 30.0 Å². The standard InChI is InChI=1S/C25H35N5O5S3/c1-16(2)27-24(31)28-18-10-8-17(9-11-18)23-26-15-21(36-23)20-13-12-19(30(6)37(7,32)33)14-22(20)38(34,35)29-25(3,4)5/h8-14,16,21,29H,15H2,1-7H3,(H2,27,28,31). The van der Waals surface area contributed by atoms with E-state index in [0.29, 0.717) is 17.8 Å². The van der Waals surface area contributed by atoms with Gasteiger partial charge in [-0.25, -0.2) is 26.4 Å². The van der Waals surface area contributed by atoms with E-state index < -0.39 is 25.6 Å². The average molecular weight is 582 g/mol. The summed E-state index contributed by atoms with van der Waals surface area (Å²) in [7, 11) is -6.18. The van der Waals surface area contributed by atoms with Crippen LogP contribution in [0.5, 0.6) is 0 Å². The maximum absolute atomic E-state index is 13.4. The normalized spacial score (nSPS) is 16.3. The lowest BCUT2D eigenvalue weighted by Gasteiger charge is -2.24. The monoisotopic (exact) mass is 581 g/mol. The lowest BCUT2D eigenvalue weighted by molar-refractivity contribution is 0.250. The summed E-state index contributed by atoms with van der Waals surface area (Å²) in [4.78, 5) is 16.6. The molecule has 0 fully saturated rings. The summed E-state index contributed by atoms with van der Waals surface area (Å²) < 4.78 is 54.8. The van der Waals surface area contributed by atoms with Gasteiger partial charge in [-0.05, 0) is 64.4 Å². The first-order valence-corrected chi connectivity index (χ1v) is 16.2. The van der Waals surface area contributed by atoms with E-state index in [1.807, 2.05) is 26.0 Å². The molecule has 2 amide bonds. The van der Waals surface area contributed by atoms with Crippen molar-refractivity contribution in [3.63, 3.8) is 0 Å². The molecule has 1 atom stereocenters. The van der Waals surface area contributed by atoms with Crippen molar-refractivity contribution in [2.24, 2.45) is 4.99 Å². The Hall–Kier alpha value is -2.61. The maximum Gasteiger partial charge on any atom is 0.319 e. The van der Waals surface area contributed by atoms with E-state index >= 15 is 0 Å². The average Bonchev–Trinajstić information content (AvgIpc) is 3.26. The van der Waals surface area contributed by atoms with Crippen molar-refractivity contribution in [2.45, 2.75) is 56.3 Å². The molecule has 3 rings (SSSR count). The molecule has 0 radical (unpaired) electrons. The number of urea groups is 1. The lowest BCUT2D eigenvalue weighted by Crippen LogP contribution is -2.41. The molecule has 208 valence electrons. The molecule has 2 aromatic rings. The Morgan fingerprint density at radius 3 is 2.26 bits per heavy atom. The SMILES string of the molecule is CC(C)NC(=O)Nc1ccc(C2=NCC(c3ccc(N(C)S(C)(=O)=O)cc3S(=O)(=O)NC(C)(C)C)S2)cc1. The second-order valence-electron chi connectivity index (χ2n) is 10.4. The first kappa shape index (κ1) is 29.9. The minimum atomic E-state index is -3.98. The topological polar surface area (TPSA) is 137 Å². The van der Waals surface area contributed by atoms with Gasteiger partial charge in [0.1, 0.15) is 0 Å². The summed E-state index contributed by atoms with van der Waals surface area (Å²) in [5, 5.41) is 6.00. The van der Waals surface area contributed by atoms with E-state index in [2.05, 4.69) is 20.3 Å². The fourth-order valence-corrected chi connectivity index (χ4v) is 7.15. The third kappa shape index (κ3) is 7.71. The molecule has 1 aliphatic rings. The van der Waals surface area contributed by atoms with E-state index in [-0.39, 0.29) is 27.9 Å². The van der Waals surface area contributed by atoms with Gasteiger partial charge in [-0.15, -0.1) is 0 Å². The summed E-state index contributed by atoms with van der Waals surface area (Å²) in [5.41, 5.74) is 1.54. The van der Waals surface area contributed by atoms with Crippen molar-refractivity contribution in [2.75, 3.05) is 29.5 Å². The molecule has 0 saturated carbocycles. The van der Waals surface area contributed by atoms with E-state index in [9.17, 15) is 21.6 Å². The van der Waals surface area contributed by atoms with Gasteiger partial charge in [-0.3, -0.25) is 9.30 Å². The fourth-order valence-electron chi connectivity index (χ4n) is 3.69. The Morgan fingerprint density at radius 1 is 1.08 bits per heavy atom. The highest BCUT2D eigenvalue weighted by Crippen LogP contribution is 2.41. The summed E-state index contributed by atoms with van der Waals surface area (Å²) in [6, 6.07) is 11.6. The van der Waals surface area contributed by atoms with E-state index in [1.165, 1.54) is 24.9 Å². The predicted molar refractivity (Wildman–Crippen MR) is 155 cm³/mol. The third-order valence-corrected chi connectivity index (χ3v) is 9.69. The molecule has 1 heterocycles. The predicted octanol–water partition coefficient (Wildman–Crippen LogP) is 3.92. The number of hydrogen-bond donors (Lipinski definition) is 3. The van der Waals surface area contributed by atoms with Crippen LogP contribution in [0.25, 0.3) is 0 Å². The zero-order valence-electron chi connectivity index (χ0n) is 22.6. The van der Waals surface area contributed by atoms with Crippen molar-refractivity contribution in [1.82, 2.24) is 10.0 Å². The number of hydrogen-bond acceptors (Lipinski definition) is 7. The minimum absolute atomic E-state index is 0.0172. The number of rotatable bonds is 8. The van der Waals surface area contributed by atoms with Crippen LogP contribution in [-0.2, 0) is 20.0 Å². The number of nitrogens with zero attached hydrogens (tertiary/aromatic N) is 2. The number of carbonyl (C=O) groups is 1. The zero-order valence-corrected chi connectivity index (χ0v) is 25.0. The van der Waals surface area contributed by atoms with Crippen LogP contribution in [0, 0.1) is 0 Å². The van der Waals surface area contributed by atoms with Gasteiger partial charge in [0.2, 0.25) is 20.0 Å². The molecule has 0 bridgehead atoms. The van der Waals surface area contributed by atoms with Crippen LogP contribution in [0.3, 0.4) is 0 Å². The lowest BCUT2D eigenvalue weighted by atomic mass is 10.1. The molecule has 38 heavy (non-hydrogen) atoms. The van der Waals surface area contributed by atoms with Crippen molar-refractivity contribution in [3.05, 3.63) is 53.6 Å². The Labute approximate surface area is 229 Å². The van der Waals surface area contributed by atoms with Crippen molar-refractivity contribution < 1.29 is 21.6 Å². The minimum Gasteiger partial charge on any atom is -0.336 e. The van der Waals surface area contributed by atoms with Crippen LogP contribution in [-0.4, -0.2) is 59.3 Å². The molecule has 0 aromatic heterocycles. The van der Waals surface area contributed by atoms with Crippen molar-refractivity contribution >= 4 is 54.3 Å². The van der Waals surface area contributed by atoms with E-state index in [1.54, 1.807) is 45.0 Å². The van der Waals surface area contributed by atoms with Gasteiger partial charge < -0.3 is 10.6 Å². The second-order valence-corrected chi connectivity index (χ2v) is 15.2. The number of aliphatic imine (C=N–C) groups is 1. The quantitative estimate of drug-likeness (QED) is 0.432. The van der Waals surface area contributed by atoms with Crippen molar-refractivity contribution in [1.29, 1.82) is 0 Å². The van der Waals surface area contributed by atoms with E-state index in [0.717, 1.165) is 21.2 Å². The molecule has 0 aliphatic carbocycles. The maximum atomic E-state index is 13.4. The highest BCUT2D eigenvalue weighted by Gasteiger charge is 2.32. The van der Waals surface area contributed by atoms with Crippen LogP contribution in [0.15, 0.2) is 52.4 Å². The number of benzene rings is 2. The zero-order chi connectivity index (χ0) is 28.5. The number of thioether (sulfide) groups is 1. The van der Waals surface area contributed by atoms with Gasteiger partial charge in [-0.2, -0.15) is 0 Å². The number of carbonyl (C=O) groups excluding carboxylic acids is 1. The summed E-state index contributed by atoms with van der Waals surface area (Å²) in [6.45, 7) is 9.34. The van der Waals surface area contributed by atoms with Gasteiger partial charge in [0.25, 0.3) is 0 Å². The number of amides is 2. The second kappa shape index (κ2) is 11.2. The van der Waals surface area contributed by atoms with Crippen LogP contribution in [0.4, 0.5) is 16.2 Å². The molecule has 3 N–H and O–H groups in total. The third-order valence-electron chi connectivity index (χ3n) is 5.40. The van der Waals surface area contributed by atoms with E-state index in [4.69, 9.17) is 0 Å². The molecule has 13 heteroatoms. The van der Waals surface area contributed by atoms with Crippen LogP contribution >= 0.6 is 11.8 Å². The highest BCUT2D eigenvalue weighted by atomic mass is 32.2. The van der Waals surface area contributed by atoms with Gasteiger partial charge in [0.15, 0.2) is 0 Å². The Kier molecular flexibility index (Phi) is 8.86. The molecule has 0 spiro atoms. The van der Waals surface area contributed by atoms with Crippen LogP contribution in [0.2, 0.25) is 0 Å². The highest BCUT2D eigenvalue weighted by molar-refractivity contribution is 8.15. The number of anilines is 2. The summed E-state index contributed by atoms with van der Waals surface area (Å²) >= 11 is 1.44. The Bertz CT molecular complexity index is 1430. The Morgan fingerprint density at radius 2 is 1.71 bits per heavy atom. The largest absolute Gasteiger partial charge is 0.336 e. The molecular weight excluding hydrogens is 547 g/mol. The van der Waals surface area contributed by atoms with Gasteiger partial charge in [0, 0.05) is 29.9 Å². The number of nitrogens with one attached hydrogen (secondary N) is 3. The van der Waals surface area contributed by atoms with Crippen LogP contribution in [0.1, 0.15) is 51.0 Å². The summed E-state index contributed by atoms with van der Waals surface area (Å²) in [6.07, 6.45) is 1.06. The molecule has 0 saturated heterocycles. The van der Waals surface area contributed by atoms with Crippen molar-refractivity contribution in [3.8, 4) is 0 Å². The Balaban J connectivity index is 1.88. The molecule has 10 nitrogen and oxygen atoms in total. The van der Waals surface area contributed by atoms with Crippen LogP contribution < -0.4 is 19.7 Å². The fraction of sp³-hybridized carbons (Fsp3) is 0.440. The molecule has 1 aliphatic heterocycles. The molecule has 1 unspecified atom stereocenters. The smallest absolute Gasteiger partial charge is 0.319 e. The van der Waals surface area contributed by atoms with Gasteiger partial charge >= 0.3 is 6.03 Å². The number of sulfonamides is 2. The first-order chi connectivity index (χ1) is 17.5. The van der Waals surface area contributed by atoms with Gasteiger partial charge in [0.05, 0.1) is 33.7 Å². The first-order valence-electron chi connectivity index (χ1n) is 12.0. The molecular formula is C25H35N5O5S3.